The van der Waals surface area contributed by atoms with Crippen LogP contribution in [0, 0.1) is 0 Å². The molecule has 0 aliphatic heterocycles. The molecule has 0 saturated heterocycles. The summed E-state index contributed by atoms with van der Waals surface area (Å²) >= 11 is 19.8. The van der Waals surface area contributed by atoms with Gasteiger partial charge in [0.25, 0.3) is 0 Å². The van der Waals surface area contributed by atoms with Crippen molar-refractivity contribution in [3.63, 3.8) is 0 Å². The van der Waals surface area contributed by atoms with E-state index in [4.69, 9.17) is 34.8 Å². The van der Waals surface area contributed by atoms with Crippen LogP contribution >= 0.6 is 46.6 Å². The lowest BCUT2D eigenvalue weighted by Gasteiger charge is -2.29. The van der Waals surface area contributed by atoms with Crippen molar-refractivity contribution in [1.29, 1.82) is 0 Å². The highest BCUT2D eigenvalue weighted by atomic mass is 35.5. The molecule has 0 fully saturated rings. The lowest BCUT2D eigenvalue weighted by Crippen LogP contribution is -2.48. The topological polar surface area (TPSA) is 49.4 Å². The standard InChI is InChI=1S/C20H21Cl3N2O2S/c1-3-24-20(27)13(2)25(11-16-17(22)5-4-6-18(16)23)19(26)12-28-15-9-7-14(21)8-10-15/h4-10,13H,3,11-12H2,1-2H3,(H,24,27). The molecule has 1 N–H and O–H groups in total. The predicted molar refractivity (Wildman–Crippen MR) is 117 cm³/mol. The molecule has 28 heavy (non-hydrogen) atoms. The van der Waals surface area contributed by atoms with Crippen molar-refractivity contribution in [2.75, 3.05) is 12.3 Å². The van der Waals surface area contributed by atoms with E-state index in [1.165, 1.54) is 16.7 Å². The van der Waals surface area contributed by atoms with Gasteiger partial charge >= 0.3 is 0 Å². The quantitative estimate of drug-likeness (QED) is 0.545. The average Bonchev–Trinajstić information content (AvgIpc) is 2.67. The Balaban J connectivity index is 2.20. The Morgan fingerprint density at radius 3 is 2.25 bits per heavy atom. The van der Waals surface area contributed by atoms with Crippen molar-refractivity contribution in [2.24, 2.45) is 0 Å². The number of nitrogens with one attached hydrogen (secondary N) is 1. The zero-order chi connectivity index (χ0) is 20.7. The van der Waals surface area contributed by atoms with Crippen molar-refractivity contribution in [3.05, 3.63) is 63.1 Å². The molecular weight excluding hydrogens is 439 g/mol. The molecule has 2 rings (SSSR count). The maximum Gasteiger partial charge on any atom is 0.242 e. The molecule has 0 aliphatic carbocycles. The number of halogens is 3. The Morgan fingerprint density at radius 2 is 1.68 bits per heavy atom. The van der Waals surface area contributed by atoms with Crippen LogP contribution in [-0.2, 0) is 16.1 Å². The summed E-state index contributed by atoms with van der Waals surface area (Å²) in [6.07, 6.45) is 0. The van der Waals surface area contributed by atoms with Crippen LogP contribution in [0.3, 0.4) is 0 Å². The summed E-state index contributed by atoms with van der Waals surface area (Å²) in [4.78, 5) is 27.8. The van der Waals surface area contributed by atoms with E-state index in [1.54, 1.807) is 37.3 Å². The third-order valence-electron chi connectivity index (χ3n) is 4.08. The number of carbonyl (C=O) groups is 2. The fourth-order valence-corrected chi connectivity index (χ4v) is 3.94. The van der Waals surface area contributed by atoms with Gasteiger partial charge in [-0.25, -0.2) is 0 Å². The summed E-state index contributed by atoms with van der Waals surface area (Å²) < 4.78 is 0. The number of benzene rings is 2. The van der Waals surface area contributed by atoms with Crippen LogP contribution < -0.4 is 5.32 Å². The Morgan fingerprint density at radius 1 is 1.07 bits per heavy atom. The Labute approximate surface area is 184 Å². The lowest BCUT2D eigenvalue weighted by atomic mass is 10.1. The fourth-order valence-electron chi connectivity index (χ4n) is 2.52. The maximum absolute atomic E-state index is 13.0. The SMILES string of the molecule is CCNC(=O)C(C)N(Cc1c(Cl)cccc1Cl)C(=O)CSc1ccc(Cl)cc1. The zero-order valence-electron chi connectivity index (χ0n) is 15.5. The van der Waals surface area contributed by atoms with Crippen molar-refractivity contribution >= 4 is 58.4 Å². The van der Waals surface area contributed by atoms with E-state index in [9.17, 15) is 9.59 Å². The van der Waals surface area contributed by atoms with Gasteiger partial charge in [0.15, 0.2) is 0 Å². The summed E-state index contributed by atoms with van der Waals surface area (Å²) in [5.41, 5.74) is 0.617. The number of hydrogen-bond acceptors (Lipinski definition) is 3. The molecule has 0 spiro atoms. The van der Waals surface area contributed by atoms with Crippen molar-refractivity contribution in [2.45, 2.75) is 31.3 Å². The van der Waals surface area contributed by atoms with Gasteiger partial charge in [-0.05, 0) is 50.2 Å². The first-order valence-electron chi connectivity index (χ1n) is 8.72. The first-order chi connectivity index (χ1) is 13.3. The Hall–Kier alpha value is -1.40. The van der Waals surface area contributed by atoms with E-state index in [0.29, 0.717) is 27.2 Å². The van der Waals surface area contributed by atoms with Gasteiger partial charge < -0.3 is 10.2 Å². The van der Waals surface area contributed by atoms with Crippen molar-refractivity contribution in [1.82, 2.24) is 10.2 Å². The van der Waals surface area contributed by atoms with Gasteiger partial charge in [0, 0.05) is 38.6 Å². The summed E-state index contributed by atoms with van der Waals surface area (Å²) in [6.45, 7) is 4.16. The van der Waals surface area contributed by atoms with Crippen molar-refractivity contribution < 1.29 is 9.59 Å². The van der Waals surface area contributed by atoms with Gasteiger partial charge in [-0.15, -0.1) is 11.8 Å². The predicted octanol–water partition coefficient (Wildman–Crippen LogP) is 5.29. The van der Waals surface area contributed by atoms with E-state index >= 15 is 0 Å². The first kappa shape index (κ1) is 22.9. The molecule has 0 bridgehead atoms. The van der Waals surface area contributed by atoms with Gasteiger partial charge in [0.05, 0.1) is 5.75 Å². The minimum atomic E-state index is -0.661. The van der Waals surface area contributed by atoms with Crippen LogP contribution in [0.5, 0.6) is 0 Å². The number of amides is 2. The number of thioether (sulfide) groups is 1. The molecule has 2 amide bonds. The number of likely N-dealkylation sites (N-methyl/N-ethyl adjacent to an activating group) is 1. The highest BCUT2D eigenvalue weighted by Gasteiger charge is 2.27. The van der Waals surface area contributed by atoms with E-state index in [0.717, 1.165) is 4.90 Å². The fraction of sp³-hybridized carbons (Fsp3) is 0.300. The minimum absolute atomic E-state index is 0.150. The monoisotopic (exact) mass is 458 g/mol. The van der Waals surface area contributed by atoms with Gasteiger partial charge in [0.1, 0.15) is 6.04 Å². The molecule has 0 saturated carbocycles. The minimum Gasteiger partial charge on any atom is -0.355 e. The normalized spacial score (nSPS) is 11.8. The second kappa shape index (κ2) is 11.0. The van der Waals surface area contributed by atoms with Crippen molar-refractivity contribution in [3.8, 4) is 0 Å². The average molecular weight is 460 g/mol. The van der Waals surface area contributed by atoms with E-state index in [2.05, 4.69) is 5.32 Å². The smallest absolute Gasteiger partial charge is 0.242 e. The van der Waals surface area contributed by atoms with Gasteiger partial charge in [-0.2, -0.15) is 0 Å². The molecule has 4 nitrogen and oxygen atoms in total. The third-order valence-corrected chi connectivity index (χ3v) is 6.04. The molecule has 8 heteroatoms. The number of nitrogens with zero attached hydrogens (tertiary/aromatic N) is 1. The van der Waals surface area contributed by atoms with E-state index in [1.807, 2.05) is 19.1 Å². The Bertz CT molecular complexity index is 810. The van der Waals surface area contributed by atoms with Crippen LogP contribution in [0.1, 0.15) is 19.4 Å². The van der Waals surface area contributed by atoms with E-state index in [-0.39, 0.29) is 24.1 Å². The second-order valence-corrected chi connectivity index (χ2v) is 8.33. The Kier molecular flexibility index (Phi) is 8.96. The van der Waals surface area contributed by atoms with Crippen LogP contribution in [0.4, 0.5) is 0 Å². The molecule has 0 radical (unpaired) electrons. The van der Waals surface area contributed by atoms with Crippen LogP contribution in [-0.4, -0.2) is 35.1 Å². The van der Waals surface area contributed by atoms with Gasteiger partial charge in [-0.1, -0.05) is 40.9 Å². The molecule has 150 valence electrons. The molecular formula is C20H21Cl3N2O2S. The van der Waals surface area contributed by atoms with Crippen LogP contribution in [0.25, 0.3) is 0 Å². The molecule has 2 aromatic rings. The summed E-state index contributed by atoms with van der Waals surface area (Å²) in [6, 6.07) is 11.7. The van der Waals surface area contributed by atoms with Crippen LogP contribution in [0.15, 0.2) is 47.4 Å². The van der Waals surface area contributed by atoms with Gasteiger partial charge in [-0.3, -0.25) is 9.59 Å². The highest BCUT2D eigenvalue weighted by Crippen LogP contribution is 2.27. The highest BCUT2D eigenvalue weighted by molar-refractivity contribution is 8.00. The number of carbonyl (C=O) groups excluding carboxylic acids is 2. The summed E-state index contributed by atoms with van der Waals surface area (Å²) in [5, 5.41) is 4.30. The number of rotatable bonds is 8. The third kappa shape index (κ3) is 6.31. The van der Waals surface area contributed by atoms with Gasteiger partial charge in [0.2, 0.25) is 11.8 Å². The van der Waals surface area contributed by atoms with E-state index < -0.39 is 6.04 Å². The summed E-state index contributed by atoms with van der Waals surface area (Å²) in [5.74, 6) is -0.238. The first-order valence-corrected chi connectivity index (χ1v) is 10.8. The molecule has 0 heterocycles. The van der Waals surface area contributed by atoms with Crippen LogP contribution in [0.2, 0.25) is 15.1 Å². The molecule has 0 aromatic heterocycles. The zero-order valence-corrected chi connectivity index (χ0v) is 18.6. The lowest BCUT2D eigenvalue weighted by molar-refractivity contribution is -0.138. The molecule has 2 aromatic carbocycles. The largest absolute Gasteiger partial charge is 0.355 e. The molecule has 1 atom stereocenters. The second-order valence-electron chi connectivity index (χ2n) is 6.04. The summed E-state index contributed by atoms with van der Waals surface area (Å²) in [7, 11) is 0. The number of hydrogen-bond donors (Lipinski definition) is 1. The molecule has 1 unspecified atom stereocenters. The molecule has 0 aliphatic rings. The maximum atomic E-state index is 13.0.